The molecule has 44 heavy (non-hydrogen) atoms. The maximum atomic E-state index is 12.8. The Hall–Kier alpha value is -3.51. The van der Waals surface area contributed by atoms with Crippen LogP contribution in [0.2, 0.25) is 0 Å². The molecule has 0 spiro atoms. The third-order valence-electron chi connectivity index (χ3n) is 7.27. The van der Waals surface area contributed by atoms with Gasteiger partial charge in [0, 0.05) is 6.08 Å². The molecular weight excluding hydrogens is 588 g/mol. The van der Waals surface area contributed by atoms with Gasteiger partial charge in [0.05, 0.1) is 19.3 Å². The second-order valence-electron chi connectivity index (χ2n) is 10.4. The van der Waals surface area contributed by atoms with E-state index in [2.05, 4.69) is 0 Å². The first kappa shape index (κ1) is 33.4. The van der Waals surface area contributed by atoms with Crippen LogP contribution in [0.15, 0.2) is 42.5 Å². The number of hydrogen-bond donors (Lipinski definition) is 9. The average molecular weight is 625 g/mol. The molecule has 0 aromatic heterocycles. The molecule has 0 radical (unpaired) electrons. The quantitative estimate of drug-likeness (QED) is 0.0873. The Bertz CT molecular complexity index is 1300. The number of carbonyl (C=O) groups excluding carboxylic acids is 1. The van der Waals surface area contributed by atoms with Crippen molar-refractivity contribution in [1.82, 2.24) is 0 Å². The molecule has 2 aliphatic heterocycles. The number of hydrogen-bond acceptors (Lipinski definition) is 15. The van der Waals surface area contributed by atoms with Gasteiger partial charge in [-0.3, -0.25) is 0 Å². The highest BCUT2D eigenvalue weighted by Crippen LogP contribution is 2.32. The van der Waals surface area contributed by atoms with E-state index in [0.717, 1.165) is 6.08 Å². The first-order valence-corrected chi connectivity index (χ1v) is 13.7. The molecule has 4 rings (SSSR count). The van der Waals surface area contributed by atoms with Crippen molar-refractivity contribution in [3.8, 4) is 23.0 Å². The summed E-state index contributed by atoms with van der Waals surface area (Å²) in [7, 11) is 0. The minimum absolute atomic E-state index is 0.0754. The molecule has 9 N–H and O–H groups in total. The van der Waals surface area contributed by atoms with Gasteiger partial charge in [0.1, 0.15) is 36.6 Å². The molecule has 0 bridgehead atoms. The number of aliphatic hydroxyl groups excluding tert-OH is 5. The Morgan fingerprint density at radius 1 is 0.818 bits per heavy atom. The summed E-state index contributed by atoms with van der Waals surface area (Å²) in [6, 6.07) is 7.98. The third-order valence-corrected chi connectivity index (χ3v) is 7.27. The van der Waals surface area contributed by atoms with E-state index in [1.165, 1.54) is 43.3 Å². The summed E-state index contributed by atoms with van der Waals surface area (Å²) in [5.41, 5.74) is 0.914. The average Bonchev–Trinajstić information content (AvgIpc) is 2.99. The number of aliphatic hydroxyl groups is 5. The summed E-state index contributed by atoms with van der Waals surface area (Å²) in [5, 5.41) is 90.5. The van der Waals surface area contributed by atoms with Gasteiger partial charge in [0.25, 0.3) is 0 Å². The molecule has 10 atom stereocenters. The van der Waals surface area contributed by atoms with Crippen molar-refractivity contribution in [2.24, 2.45) is 0 Å². The van der Waals surface area contributed by atoms with E-state index in [4.69, 9.17) is 23.7 Å². The van der Waals surface area contributed by atoms with Gasteiger partial charge < -0.3 is 69.6 Å². The molecule has 0 unspecified atom stereocenters. The largest absolute Gasteiger partial charge is 0.504 e. The summed E-state index contributed by atoms with van der Waals surface area (Å²) in [4.78, 5) is 12.8. The normalized spacial score (nSPS) is 32.5. The summed E-state index contributed by atoms with van der Waals surface area (Å²) in [6.45, 7) is 0.606. The van der Waals surface area contributed by atoms with E-state index in [1.807, 2.05) is 0 Å². The van der Waals surface area contributed by atoms with Gasteiger partial charge in [-0.05, 0) is 54.8 Å². The Labute approximate surface area is 251 Å². The maximum Gasteiger partial charge on any atom is 0.331 e. The van der Waals surface area contributed by atoms with Crippen LogP contribution < -0.4 is 0 Å². The zero-order valence-electron chi connectivity index (χ0n) is 23.5. The standard InChI is InChI=1S/C29H36O15/c1-13-22(36)23(37)24(38)29(41-13)44-27-25(39)28(40-9-8-15-3-6-17(32)19(34)11-15)42-20(12-30)26(27)43-21(35)7-4-14-2-5-16(31)18(33)10-14/h2-7,10-11,13,20,22-34,36-39H,8-9,12H2,1H3/b7-4-/t13-,20+,22-,23+,24-,25+,26+,27+,28+,29-/m0/s1. The van der Waals surface area contributed by atoms with Gasteiger partial charge in [-0.25, -0.2) is 4.79 Å². The topological polar surface area (TPSA) is 245 Å². The predicted octanol–water partition coefficient (Wildman–Crippen LogP) is -1.02. The number of aromatic hydroxyl groups is 4. The summed E-state index contributed by atoms with van der Waals surface area (Å²) in [6.07, 6.45) is -12.6. The molecule has 2 saturated heterocycles. The lowest BCUT2D eigenvalue weighted by Crippen LogP contribution is -2.65. The van der Waals surface area contributed by atoms with Crippen LogP contribution in [0.3, 0.4) is 0 Å². The van der Waals surface area contributed by atoms with E-state index in [9.17, 15) is 50.8 Å². The zero-order chi connectivity index (χ0) is 32.1. The van der Waals surface area contributed by atoms with E-state index < -0.39 is 79.7 Å². The molecule has 15 heteroatoms. The fraction of sp³-hybridized carbons (Fsp3) is 0.483. The molecule has 15 nitrogen and oxygen atoms in total. The van der Waals surface area contributed by atoms with Crippen molar-refractivity contribution < 1.29 is 74.4 Å². The Morgan fingerprint density at radius 3 is 2.16 bits per heavy atom. The minimum Gasteiger partial charge on any atom is -0.504 e. The maximum absolute atomic E-state index is 12.8. The third kappa shape index (κ3) is 7.76. The molecule has 0 amide bonds. The molecule has 2 aromatic carbocycles. The van der Waals surface area contributed by atoms with Crippen molar-refractivity contribution >= 4 is 12.0 Å². The van der Waals surface area contributed by atoms with Gasteiger partial charge in [0.2, 0.25) is 0 Å². The summed E-state index contributed by atoms with van der Waals surface area (Å²) < 4.78 is 28.2. The predicted molar refractivity (Wildman–Crippen MR) is 147 cm³/mol. The molecule has 0 aliphatic carbocycles. The number of ether oxygens (including phenoxy) is 5. The highest BCUT2D eigenvalue weighted by molar-refractivity contribution is 5.87. The molecule has 2 heterocycles. The van der Waals surface area contributed by atoms with E-state index >= 15 is 0 Å². The highest BCUT2D eigenvalue weighted by Gasteiger charge is 2.52. The SMILES string of the molecule is C[C@@H]1O[C@@H](O[C@@H]2[C@@H](O)[C@H](OCCc3ccc(O)c(O)c3)O[C@H](CO)[C@H]2OC(=O)/C=C\c2ccc(O)c(O)c2)[C@@H](O)[C@H](O)[C@H]1O. The second-order valence-corrected chi connectivity index (χ2v) is 10.4. The minimum atomic E-state index is -1.77. The van der Waals surface area contributed by atoms with E-state index in [0.29, 0.717) is 11.1 Å². The monoisotopic (exact) mass is 624 g/mol. The van der Waals surface area contributed by atoms with Gasteiger partial charge in [-0.15, -0.1) is 0 Å². The Morgan fingerprint density at radius 2 is 1.50 bits per heavy atom. The van der Waals surface area contributed by atoms with Crippen LogP contribution >= 0.6 is 0 Å². The van der Waals surface area contributed by atoms with Crippen LogP contribution in [0.25, 0.3) is 6.08 Å². The van der Waals surface area contributed by atoms with Gasteiger partial charge >= 0.3 is 5.97 Å². The van der Waals surface area contributed by atoms with Crippen LogP contribution in [-0.4, -0.2) is 127 Å². The van der Waals surface area contributed by atoms with Gasteiger partial charge in [-0.1, -0.05) is 12.1 Å². The lowest BCUT2D eigenvalue weighted by molar-refractivity contribution is -0.357. The van der Waals surface area contributed by atoms with Gasteiger partial charge in [-0.2, -0.15) is 0 Å². The van der Waals surface area contributed by atoms with E-state index in [-0.39, 0.29) is 30.3 Å². The first-order valence-electron chi connectivity index (χ1n) is 13.7. The van der Waals surface area contributed by atoms with Crippen molar-refractivity contribution in [2.75, 3.05) is 13.2 Å². The molecule has 2 fully saturated rings. The first-order chi connectivity index (χ1) is 20.9. The van der Waals surface area contributed by atoms with Crippen molar-refractivity contribution in [1.29, 1.82) is 0 Å². The molecule has 242 valence electrons. The zero-order valence-corrected chi connectivity index (χ0v) is 23.5. The number of esters is 1. The van der Waals surface area contributed by atoms with Crippen LogP contribution in [0.5, 0.6) is 23.0 Å². The second kappa shape index (κ2) is 14.5. The summed E-state index contributed by atoms with van der Waals surface area (Å²) >= 11 is 0. The molecule has 0 saturated carbocycles. The van der Waals surface area contributed by atoms with Crippen LogP contribution in [0, 0.1) is 0 Å². The lowest BCUT2D eigenvalue weighted by atomic mass is 9.97. The Balaban J connectivity index is 1.52. The molecular formula is C29H36O15. The van der Waals surface area contributed by atoms with E-state index in [1.54, 1.807) is 6.07 Å². The fourth-order valence-electron chi connectivity index (χ4n) is 4.76. The van der Waals surface area contributed by atoms with Gasteiger partial charge in [0.15, 0.2) is 41.7 Å². The number of phenolic OH excluding ortho intramolecular Hbond substituents is 4. The number of benzene rings is 2. The number of phenols is 4. The van der Waals surface area contributed by atoms with Crippen LogP contribution in [0.1, 0.15) is 18.1 Å². The van der Waals surface area contributed by atoms with Crippen molar-refractivity contribution in [3.63, 3.8) is 0 Å². The Kier molecular flexibility index (Phi) is 11.0. The van der Waals surface area contributed by atoms with Crippen LogP contribution in [0.4, 0.5) is 0 Å². The summed E-state index contributed by atoms with van der Waals surface area (Å²) in [5.74, 6) is -2.40. The van der Waals surface area contributed by atoms with Crippen molar-refractivity contribution in [2.45, 2.75) is 74.8 Å². The number of rotatable bonds is 10. The van der Waals surface area contributed by atoms with Crippen molar-refractivity contribution in [3.05, 3.63) is 53.6 Å². The number of carbonyl (C=O) groups is 1. The highest BCUT2D eigenvalue weighted by atomic mass is 16.7. The molecule has 2 aliphatic rings. The smallest absolute Gasteiger partial charge is 0.331 e. The lowest BCUT2D eigenvalue weighted by Gasteiger charge is -2.46. The van der Waals surface area contributed by atoms with Crippen LogP contribution in [-0.2, 0) is 34.9 Å². The fourth-order valence-corrected chi connectivity index (χ4v) is 4.76. The molecule has 2 aromatic rings.